The van der Waals surface area contributed by atoms with Gasteiger partial charge >= 0.3 is 0 Å². The maximum atomic E-state index is 12.7. The van der Waals surface area contributed by atoms with E-state index < -0.39 is 10.0 Å². The summed E-state index contributed by atoms with van der Waals surface area (Å²) in [6, 6.07) is 0.0316. The molecule has 1 aliphatic heterocycles. The van der Waals surface area contributed by atoms with Crippen molar-refractivity contribution in [3.05, 3.63) is 12.4 Å². The van der Waals surface area contributed by atoms with Crippen molar-refractivity contribution in [1.29, 1.82) is 0 Å². The number of piperidine rings is 1. The molecular weight excluding hydrogens is 288 g/mol. The van der Waals surface area contributed by atoms with Crippen LogP contribution in [0.15, 0.2) is 17.3 Å². The van der Waals surface area contributed by atoms with Crippen LogP contribution >= 0.6 is 0 Å². The fraction of sp³-hybridized carbons (Fsp3) is 0.714. The van der Waals surface area contributed by atoms with Gasteiger partial charge in [-0.05, 0) is 32.1 Å². The van der Waals surface area contributed by atoms with Gasteiger partial charge in [-0.2, -0.15) is 4.31 Å². The Morgan fingerprint density at radius 1 is 1.29 bits per heavy atom. The highest BCUT2D eigenvalue weighted by Crippen LogP contribution is 2.27. The van der Waals surface area contributed by atoms with E-state index in [4.69, 9.17) is 0 Å². The fourth-order valence-electron chi connectivity index (χ4n) is 2.50. The molecule has 1 fully saturated rings. The van der Waals surface area contributed by atoms with Crippen molar-refractivity contribution in [2.24, 2.45) is 5.92 Å². The van der Waals surface area contributed by atoms with Crippen molar-refractivity contribution in [3.8, 4) is 0 Å². The molecule has 0 saturated carbocycles. The first-order valence-electron chi connectivity index (χ1n) is 7.53. The quantitative estimate of drug-likeness (QED) is 0.901. The van der Waals surface area contributed by atoms with Crippen molar-refractivity contribution in [3.63, 3.8) is 0 Å². The van der Waals surface area contributed by atoms with Crippen LogP contribution in [-0.2, 0) is 10.0 Å². The van der Waals surface area contributed by atoms with Gasteiger partial charge in [0, 0.05) is 19.1 Å². The summed E-state index contributed by atoms with van der Waals surface area (Å²) in [5, 5.41) is 3.04. The zero-order chi connectivity index (χ0) is 15.5. The van der Waals surface area contributed by atoms with Crippen LogP contribution in [0, 0.1) is 5.92 Å². The molecular formula is C14H24N4O2S. The molecule has 0 aliphatic carbocycles. The van der Waals surface area contributed by atoms with Gasteiger partial charge in [-0.1, -0.05) is 13.8 Å². The third-order valence-corrected chi connectivity index (χ3v) is 5.76. The van der Waals surface area contributed by atoms with E-state index in [1.165, 1.54) is 12.4 Å². The van der Waals surface area contributed by atoms with Crippen LogP contribution in [0.3, 0.4) is 0 Å². The molecule has 0 aromatic carbocycles. The van der Waals surface area contributed by atoms with Gasteiger partial charge in [-0.25, -0.2) is 18.4 Å². The van der Waals surface area contributed by atoms with Crippen LogP contribution in [0.2, 0.25) is 0 Å². The monoisotopic (exact) mass is 312 g/mol. The Balaban J connectivity index is 2.18. The topological polar surface area (TPSA) is 75.2 Å². The smallest absolute Gasteiger partial charge is 0.246 e. The Bertz CT molecular complexity index is 559. The molecule has 0 amide bonds. The second-order valence-corrected chi connectivity index (χ2v) is 7.67. The Morgan fingerprint density at radius 3 is 2.57 bits per heavy atom. The predicted molar refractivity (Wildman–Crippen MR) is 82.6 cm³/mol. The summed E-state index contributed by atoms with van der Waals surface area (Å²) in [6.07, 6.45) is 5.73. The molecule has 2 unspecified atom stereocenters. The third kappa shape index (κ3) is 3.71. The number of anilines is 1. The second-order valence-electron chi connectivity index (χ2n) is 5.78. The molecule has 1 aliphatic rings. The van der Waals surface area contributed by atoms with Crippen molar-refractivity contribution in [1.82, 2.24) is 14.3 Å². The number of hydrogen-bond acceptors (Lipinski definition) is 5. The number of sulfonamides is 1. The van der Waals surface area contributed by atoms with E-state index in [1.807, 2.05) is 13.8 Å². The van der Waals surface area contributed by atoms with Gasteiger partial charge in [-0.15, -0.1) is 0 Å². The molecule has 21 heavy (non-hydrogen) atoms. The molecule has 0 radical (unpaired) electrons. The summed E-state index contributed by atoms with van der Waals surface area (Å²) in [5.74, 6) is 0.859. The Morgan fingerprint density at radius 2 is 1.95 bits per heavy atom. The summed E-state index contributed by atoms with van der Waals surface area (Å²) in [7, 11) is -3.50. The van der Waals surface area contributed by atoms with Crippen LogP contribution < -0.4 is 5.32 Å². The number of nitrogens with one attached hydrogen (secondary N) is 1. The lowest BCUT2D eigenvalue weighted by Gasteiger charge is -2.35. The average Bonchev–Trinajstić information content (AvgIpc) is 2.48. The third-order valence-electron chi connectivity index (χ3n) is 3.83. The molecule has 1 aromatic heterocycles. The molecule has 2 atom stereocenters. The molecule has 7 heteroatoms. The number of aromatic nitrogens is 2. The highest BCUT2D eigenvalue weighted by atomic mass is 32.2. The van der Waals surface area contributed by atoms with Gasteiger partial charge in [0.1, 0.15) is 4.90 Å². The van der Waals surface area contributed by atoms with Crippen molar-refractivity contribution >= 4 is 16.0 Å². The first-order chi connectivity index (χ1) is 9.95. The molecule has 1 aromatic rings. The minimum Gasteiger partial charge on any atom is -0.354 e. The lowest BCUT2D eigenvalue weighted by atomic mass is 9.97. The summed E-state index contributed by atoms with van der Waals surface area (Å²) in [4.78, 5) is 8.36. The molecule has 1 N–H and O–H groups in total. The predicted octanol–water partition coefficient (Wildman–Crippen LogP) is 2.11. The fourth-order valence-corrected chi connectivity index (χ4v) is 4.17. The van der Waals surface area contributed by atoms with Gasteiger partial charge in [-0.3, -0.25) is 0 Å². The SMILES string of the molecule is CCCNc1ncc(S(=O)(=O)N2CC(C)CCC2C)cn1. The summed E-state index contributed by atoms with van der Waals surface area (Å²) in [5.41, 5.74) is 0. The van der Waals surface area contributed by atoms with Crippen LogP contribution in [0.25, 0.3) is 0 Å². The van der Waals surface area contributed by atoms with Gasteiger partial charge in [0.05, 0.1) is 12.4 Å². The summed E-state index contributed by atoms with van der Waals surface area (Å²) < 4.78 is 27.0. The molecule has 118 valence electrons. The molecule has 0 bridgehead atoms. The number of hydrogen-bond donors (Lipinski definition) is 1. The summed E-state index contributed by atoms with van der Waals surface area (Å²) in [6.45, 7) is 7.43. The molecule has 1 saturated heterocycles. The van der Waals surface area contributed by atoms with Crippen molar-refractivity contribution in [2.75, 3.05) is 18.4 Å². The Labute approximate surface area is 127 Å². The van der Waals surface area contributed by atoms with E-state index in [-0.39, 0.29) is 10.9 Å². The minimum absolute atomic E-state index is 0.0316. The van der Waals surface area contributed by atoms with E-state index in [0.29, 0.717) is 18.4 Å². The van der Waals surface area contributed by atoms with E-state index in [0.717, 1.165) is 25.8 Å². The van der Waals surface area contributed by atoms with E-state index >= 15 is 0 Å². The van der Waals surface area contributed by atoms with Crippen LogP contribution in [-0.4, -0.2) is 41.8 Å². The Hall–Kier alpha value is -1.21. The van der Waals surface area contributed by atoms with E-state index in [1.54, 1.807) is 4.31 Å². The lowest BCUT2D eigenvalue weighted by molar-refractivity contribution is 0.218. The molecule has 6 nitrogen and oxygen atoms in total. The van der Waals surface area contributed by atoms with Gasteiger partial charge < -0.3 is 5.32 Å². The zero-order valence-corrected chi connectivity index (χ0v) is 13.7. The molecule has 0 spiro atoms. The van der Waals surface area contributed by atoms with Crippen molar-refractivity contribution in [2.45, 2.75) is 51.0 Å². The molecule has 2 heterocycles. The maximum Gasteiger partial charge on any atom is 0.246 e. The second kappa shape index (κ2) is 6.70. The highest BCUT2D eigenvalue weighted by Gasteiger charge is 2.33. The van der Waals surface area contributed by atoms with Crippen LogP contribution in [0.1, 0.15) is 40.0 Å². The lowest BCUT2D eigenvalue weighted by Crippen LogP contribution is -2.44. The van der Waals surface area contributed by atoms with Gasteiger partial charge in [0.25, 0.3) is 0 Å². The first-order valence-corrected chi connectivity index (χ1v) is 8.97. The van der Waals surface area contributed by atoms with E-state index in [9.17, 15) is 8.42 Å². The Kier molecular flexibility index (Phi) is 5.16. The van der Waals surface area contributed by atoms with Crippen molar-refractivity contribution < 1.29 is 8.42 Å². The molecule has 2 rings (SSSR count). The largest absolute Gasteiger partial charge is 0.354 e. The normalized spacial score (nSPS) is 24.0. The summed E-state index contributed by atoms with van der Waals surface area (Å²) >= 11 is 0. The van der Waals surface area contributed by atoms with Crippen LogP contribution in [0.4, 0.5) is 5.95 Å². The standard InChI is InChI=1S/C14H24N4O2S/c1-4-7-15-14-16-8-13(9-17-14)21(19,20)18-10-11(2)5-6-12(18)3/h8-9,11-12H,4-7,10H2,1-3H3,(H,15,16,17). The van der Waals surface area contributed by atoms with Gasteiger partial charge in [0.15, 0.2) is 0 Å². The maximum absolute atomic E-state index is 12.7. The van der Waals surface area contributed by atoms with E-state index in [2.05, 4.69) is 22.2 Å². The first kappa shape index (κ1) is 16.2. The minimum atomic E-state index is -3.50. The van der Waals surface area contributed by atoms with Crippen LogP contribution in [0.5, 0.6) is 0 Å². The average molecular weight is 312 g/mol. The van der Waals surface area contributed by atoms with Gasteiger partial charge in [0.2, 0.25) is 16.0 Å². The number of rotatable bonds is 5. The zero-order valence-electron chi connectivity index (χ0n) is 12.9. The highest BCUT2D eigenvalue weighted by molar-refractivity contribution is 7.89. The number of nitrogens with zero attached hydrogens (tertiary/aromatic N) is 3.